The van der Waals surface area contributed by atoms with Crippen LogP contribution < -0.4 is 10.6 Å². The van der Waals surface area contributed by atoms with E-state index in [1.807, 2.05) is 74.5 Å². The minimum absolute atomic E-state index is 0.000342. The van der Waals surface area contributed by atoms with Gasteiger partial charge in [0.1, 0.15) is 16.0 Å². The second-order valence-corrected chi connectivity index (χ2v) is 8.72. The molecule has 0 spiro atoms. The van der Waals surface area contributed by atoms with Crippen molar-refractivity contribution in [3.8, 4) is 0 Å². The van der Waals surface area contributed by atoms with Gasteiger partial charge in [-0.1, -0.05) is 98.5 Å². The summed E-state index contributed by atoms with van der Waals surface area (Å²) in [4.78, 5) is 12.9. The third-order valence-electron chi connectivity index (χ3n) is 4.83. The van der Waals surface area contributed by atoms with Gasteiger partial charge in [0.05, 0.1) is 6.04 Å². The van der Waals surface area contributed by atoms with Gasteiger partial charge in [-0.05, 0) is 17.0 Å². The number of carbonyl (C=O) groups is 1. The maximum Gasteiger partial charge on any atom is 0.243 e. The van der Waals surface area contributed by atoms with Gasteiger partial charge in [0.2, 0.25) is 5.91 Å². The van der Waals surface area contributed by atoms with Crippen LogP contribution in [0.4, 0.5) is 0 Å². The number of benzene rings is 2. The molecule has 1 aliphatic rings. The maximum atomic E-state index is 12.9. The van der Waals surface area contributed by atoms with Crippen LogP contribution in [-0.4, -0.2) is 33.2 Å². The summed E-state index contributed by atoms with van der Waals surface area (Å²) in [6.45, 7) is 4.01. The maximum absolute atomic E-state index is 12.9. The Morgan fingerprint density at radius 1 is 1.15 bits per heavy atom. The lowest BCUT2D eigenvalue weighted by Crippen LogP contribution is -2.57. The molecule has 0 radical (unpaired) electrons. The van der Waals surface area contributed by atoms with Crippen molar-refractivity contribution >= 4 is 34.2 Å². The van der Waals surface area contributed by atoms with E-state index in [0.717, 1.165) is 11.1 Å². The molecule has 0 unspecified atom stereocenters. The van der Waals surface area contributed by atoms with Gasteiger partial charge >= 0.3 is 0 Å². The monoisotopic (exact) mass is 400 g/mol. The van der Waals surface area contributed by atoms with Crippen LogP contribution in [-0.2, 0) is 10.4 Å². The third-order valence-corrected chi connectivity index (χ3v) is 6.18. The summed E-state index contributed by atoms with van der Waals surface area (Å²) in [5.41, 5.74) is 0.150. The van der Waals surface area contributed by atoms with Gasteiger partial charge in [0, 0.05) is 5.75 Å². The number of rotatable bonds is 6. The van der Waals surface area contributed by atoms with E-state index < -0.39 is 11.6 Å². The van der Waals surface area contributed by atoms with Gasteiger partial charge in [0.25, 0.3) is 0 Å². The van der Waals surface area contributed by atoms with Crippen LogP contribution in [0.15, 0.2) is 60.7 Å². The van der Waals surface area contributed by atoms with E-state index in [1.54, 1.807) is 0 Å². The third kappa shape index (κ3) is 4.18. The lowest BCUT2D eigenvalue weighted by atomic mass is 9.75. The van der Waals surface area contributed by atoms with Crippen LogP contribution in [0, 0.1) is 5.92 Å². The van der Waals surface area contributed by atoms with E-state index in [-0.39, 0.29) is 17.9 Å². The van der Waals surface area contributed by atoms with E-state index in [2.05, 4.69) is 10.6 Å². The fourth-order valence-electron chi connectivity index (χ4n) is 3.44. The molecule has 0 saturated carbocycles. The second kappa shape index (κ2) is 8.42. The standard InChI is InChI=1S/C21H24N2O2S2/c1-14(2)18(23-19(24)17-13-27-20(26)22-17)21(25,15-9-5-3-6-10-15)16-11-7-4-8-12-16/h3-12,14,17-18,25H,13H2,1-2H3,(H,22,26)(H,23,24)/t17-,18-/m0/s1. The molecule has 1 heterocycles. The summed E-state index contributed by atoms with van der Waals surface area (Å²) in [5.74, 6) is 0.455. The Morgan fingerprint density at radius 3 is 2.07 bits per heavy atom. The first-order chi connectivity index (χ1) is 12.9. The molecule has 1 saturated heterocycles. The average molecular weight is 401 g/mol. The highest BCUT2D eigenvalue weighted by molar-refractivity contribution is 8.23. The molecule has 0 aliphatic carbocycles. The number of hydrogen-bond donors (Lipinski definition) is 3. The Kier molecular flexibility index (Phi) is 6.19. The Morgan fingerprint density at radius 2 is 1.67 bits per heavy atom. The largest absolute Gasteiger partial charge is 0.378 e. The summed E-state index contributed by atoms with van der Waals surface area (Å²) in [6.07, 6.45) is 0. The molecule has 2 aromatic carbocycles. The zero-order chi connectivity index (χ0) is 19.4. The fourth-order valence-corrected chi connectivity index (χ4v) is 4.57. The van der Waals surface area contributed by atoms with Crippen molar-refractivity contribution in [2.45, 2.75) is 31.5 Å². The van der Waals surface area contributed by atoms with Crippen molar-refractivity contribution < 1.29 is 9.90 Å². The van der Waals surface area contributed by atoms with Crippen molar-refractivity contribution in [1.82, 2.24) is 10.6 Å². The molecule has 142 valence electrons. The van der Waals surface area contributed by atoms with Gasteiger partial charge < -0.3 is 15.7 Å². The van der Waals surface area contributed by atoms with Gasteiger partial charge in [-0.15, -0.1) is 0 Å². The molecule has 4 nitrogen and oxygen atoms in total. The predicted octanol–water partition coefficient (Wildman–Crippen LogP) is 3.05. The van der Waals surface area contributed by atoms with Crippen molar-refractivity contribution in [1.29, 1.82) is 0 Å². The number of carbonyl (C=O) groups excluding carboxylic acids is 1. The van der Waals surface area contributed by atoms with Crippen molar-refractivity contribution in [2.75, 3.05) is 5.75 Å². The molecule has 1 aliphatic heterocycles. The molecule has 27 heavy (non-hydrogen) atoms. The zero-order valence-corrected chi connectivity index (χ0v) is 17.0. The fraction of sp³-hybridized carbons (Fsp3) is 0.333. The first-order valence-corrected chi connectivity index (χ1v) is 10.4. The minimum atomic E-state index is -1.35. The Bertz CT molecular complexity index is 757. The molecule has 6 heteroatoms. The molecule has 1 fully saturated rings. The Hall–Kier alpha value is -1.89. The van der Waals surface area contributed by atoms with Crippen molar-refractivity contribution in [2.24, 2.45) is 5.92 Å². The van der Waals surface area contributed by atoms with Gasteiger partial charge in [-0.2, -0.15) is 0 Å². The van der Waals surface area contributed by atoms with E-state index in [4.69, 9.17) is 12.2 Å². The second-order valence-electron chi connectivity index (χ2n) is 7.02. The Labute approximate surface area is 169 Å². The van der Waals surface area contributed by atoms with E-state index >= 15 is 0 Å². The number of hydrogen-bond acceptors (Lipinski definition) is 4. The normalized spacial score (nSPS) is 18.2. The van der Waals surface area contributed by atoms with Crippen molar-refractivity contribution in [3.05, 3.63) is 71.8 Å². The van der Waals surface area contributed by atoms with E-state index in [0.29, 0.717) is 10.1 Å². The molecule has 2 aromatic rings. The zero-order valence-electron chi connectivity index (χ0n) is 15.4. The highest BCUT2D eigenvalue weighted by Crippen LogP contribution is 2.36. The number of amides is 1. The molecule has 0 bridgehead atoms. The van der Waals surface area contributed by atoms with Gasteiger partial charge in [-0.3, -0.25) is 4.79 Å². The Balaban J connectivity index is 2.00. The van der Waals surface area contributed by atoms with E-state index in [9.17, 15) is 9.90 Å². The van der Waals surface area contributed by atoms with Gasteiger partial charge in [0.15, 0.2) is 0 Å². The molecule has 1 amide bonds. The highest BCUT2D eigenvalue weighted by Gasteiger charge is 2.43. The lowest BCUT2D eigenvalue weighted by molar-refractivity contribution is -0.125. The molecule has 3 N–H and O–H groups in total. The number of thiocarbonyl (C=S) groups is 1. The summed E-state index contributed by atoms with van der Waals surface area (Å²) in [7, 11) is 0. The number of nitrogens with one attached hydrogen (secondary N) is 2. The summed E-state index contributed by atoms with van der Waals surface area (Å²) in [6, 6.07) is 18.1. The molecule has 2 atom stereocenters. The smallest absolute Gasteiger partial charge is 0.243 e. The van der Waals surface area contributed by atoms with E-state index in [1.165, 1.54) is 11.8 Å². The molecule has 3 rings (SSSR count). The van der Waals surface area contributed by atoms with Gasteiger partial charge in [-0.25, -0.2) is 0 Å². The molecule has 0 aromatic heterocycles. The topological polar surface area (TPSA) is 61.4 Å². The predicted molar refractivity (Wildman–Crippen MR) is 115 cm³/mol. The molecular weight excluding hydrogens is 376 g/mol. The summed E-state index contributed by atoms with van der Waals surface area (Å²) < 4.78 is 0.637. The SMILES string of the molecule is CC(C)[C@H](NC(=O)[C@@H]1CSC(=S)N1)C(O)(c1ccccc1)c1ccccc1. The van der Waals surface area contributed by atoms with Crippen LogP contribution in [0.3, 0.4) is 0 Å². The van der Waals surface area contributed by atoms with Crippen LogP contribution >= 0.6 is 24.0 Å². The number of thioether (sulfide) groups is 1. The quantitative estimate of drug-likeness (QED) is 0.651. The van der Waals surface area contributed by atoms with Crippen LogP contribution in [0.2, 0.25) is 0 Å². The first-order valence-electron chi connectivity index (χ1n) is 9.00. The highest BCUT2D eigenvalue weighted by atomic mass is 32.2. The average Bonchev–Trinajstić information content (AvgIpc) is 3.13. The summed E-state index contributed by atoms with van der Waals surface area (Å²) in [5, 5.41) is 18.1. The first kappa shape index (κ1) is 19.9. The minimum Gasteiger partial charge on any atom is -0.378 e. The number of aliphatic hydroxyl groups is 1. The molecular formula is C21H24N2O2S2. The lowest BCUT2D eigenvalue weighted by Gasteiger charge is -2.40. The summed E-state index contributed by atoms with van der Waals surface area (Å²) >= 11 is 6.60. The van der Waals surface area contributed by atoms with Crippen LogP contribution in [0.5, 0.6) is 0 Å². The van der Waals surface area contributed by atoms with Crippen LogP contribution in [0.1, 0.15) is 25.0 Å². The van der Waals surface area contributed by atoms with Crippen molar-refractivity contribution in [3.63, 3.8) is 0 Å². The van der Waals surface area contributed by atoms with Crippen LogP contribution in [0.25, 0.3) is 0 Å².